The number of anilines is 1. The summed E-state index contributed by atoms with van der Waals surface area (Å²) in [4.78, 5) is 4.53. The minimum atomic E-state index is 0.0984. The smallest absolute Gasteiger partial charge is 0.168 e. The van der Waals surface area contributed by atoms with Crippen molar-refractivity contribution < 1.29 is 4.74 Å². The Balaban J connectivity index is 1.54. The molecule has 3 aromatic rings. The maximum Gasteiger partial charge on any atom is 0.168 e. The molecule has 120 valence electrons. The molecule has 3 heterocycles. The van der Waals surface area contributed by atoms with E-state index in [9.17, 15) is 5.26 Å². The second kappa shape index (κ2) is 6.34. The SMILES string of the molecule is N#Cc1c(NCC2CCOC2c2ccccc2)nc2ccccn12. The maximum atomic E-state index is 9.45. The molecule has 24 heavy (non-hydrogen) atoms. The Morgan fingerprint density at radius 1 is 1.21 bits per heavy atom. The van der Waals surface area contributed by atoms with Gasteiger partial charge in [-0.1, -0.05) is 36.4 Å². The zero-order chi connectivity index (χ0) is 16.4. The number of pyridine rings is 1. The molecule has 0 saturated carbocycles. The van der Waals surface area contributed by atoms with Crippen LogP contribution < -0.4 is 5.32 Å². The van der Waals surface area contributed by atoms with E-state index >= 15 is 0 Å². The standard InChI is InChI=1S/C19H18N4O/c20-12-16-19(22-17-8-4-5-10-23(16)17)21-13-15-9-11-24-18(15)14-6-2-1-3-7-14/h1-8,10,15,18,21H,9,11,13H2. The lowest BCUT2D eigenvalue weighted by atomic mass is 9.95. The van der Waals surface area contributed by atoms with Crippen LogP contribution in [0.1, 0.15) is 23.8 Å². The molecule has 0 bridgehead atoms. The van der Waals surface area contributed by atoms with Crippen molar-refractivity contribution >= 4 is 11.5 Å². The molecule has 4 rings (SSSR count). The van der Waals surface area contributed by atoms with Crippen LogP contribution in [0, 0.1) is 17.2 Å². The molecule has 5 heteroatoms. The van der Waals surface area contributed by atoms with Crippen molar-refractivity contribution in [2.24, 2.45) is 5.92 Å². The summed E-state index contributed by atoms with van der Waals surface area (Å²) in [6.45, 7) is 1.50. The third-order valence-corrected chi connectivity index (χ3v) is 4.51. The molecule has 2 unspecified atom stereocenters. The average molecular weight is 318 g/mol. The Labute approximate surface area is 140 Å². The Hall–Kier alpha value is -2.84. The van der Waals surface area contributed by atoms with Gasteiger partial charge in [0.1, 0.15) is 11.7 Å². The van der Waals surface area contributed by atoms with E-state index < -0.39 is 0 Å². The fourth-order valence-electron chi connectivity index (χ4n) is 3.31. The monoisotopic (exact) mass is 318 g/mol. The van der Waals surface area contributed by atoms with Crippen molar-refractivity contribution in [2.45, 2.75) is 12.5 Å². The lowest BCUT2D eigenvalue weighted by Gasteiger charge is -2.19. The Kier molecular flexibility index (Phi) is 3.89. The van der Waals surface area contributed by atoms with Gasteiger partial charge in [0, 0.05) is 25.3 Å². The van der Waals surface area contributed by atoms with Gasteiger partial charge in [-0.2, -0.15) is 5.26 Å². The van der Waals surface area contributed by atoms with Crippen LogP contribution in [-0.2, 0) is 4.74 Å². The van der Waals surface area contributed by atoms with Crippen molar-refractivity contribution in [3.63, 3.8) is 0 Å². The number of hydrogen-bond donors (Lipinski definition) is 1. The number of nitrogens with zero attached hydrogens (tertiary/aromatic N) is 3. The van der Waals surface area contributed by atoms with Crippen LogP contribution in [0.5, 0.6) is 0 Å². The number of rotatable bonds is 4. The van der Waals surface area contributed by atoms with Crippen LogP contribution >= 0.6 is 0 Å². The van der Waals surface area contributed by atoms with Crippen LogP contribution in [0.4, 0.5) is 5.82 Å². The molecule has 2 atom stereocenters. The average Bonchev–Trinajstić information content (AvgIpc) is 3.24. The predicted octanol–water partition coefficient (Wildman–Crippen LogP) is 3.40. The summed E-state index contributed by atoms with van der Waals surface area (Å²) in [7, 11) is 0. The van der Waals surface area contributed by atoms with Gasteiger partial charge in [-0.3, -0.25) is 4.40 Å². The summed E-state index contributed by atoms with van der Waals surface area (Å²) in [5.41, 5.74) is 2.52. The molecule has 0 spiro atoms. The molecular formula is C19H18N4O. The fourth-order valence-corrected chi connectivity index (χ4v) is 3.31. The number of fused-ring (bicyclic) bond motifs is 1. The van der Waals surface area contributed by atoms with Crippen molar-refractivity contribution in [3.05, 3.63) is 66.0 Å². The zero-order valence-corrected chi connectivity index (χ0v) is 13.2. The summed E-state index contributed by atoms with van der Waals surface area (Å²) in [6, 6.07) is 18.3. The van der Waals surface area contributed by atoms with Crippen LogP contribution in [0.25, 0.3) is 5.65 Å². The van der Waals surface area contributed by atoms with E-state index in [1.54, 1.807) is 0 Å². The van der Waals surface area contributed by atoms with Gasteiger partial charge in [0.25, 0.3) is 0 Å². The Morgan fingerprint density at radius 3 is 2.88 bits per heavy atom. The van der Waals surface area contributed by atoms with Gasteiger partial charge in [-0.15, -0.1) is 0 Å². The van der Waals surface area contributed by atoms with E-state index in [-0.39, 0.29) is 6.10 Å². The van der Waals surface area contributed by atoms with Gasteiger partial charge in [-0.25, -0.2) is 4.98 Å². The quantitative estimate of drug-likeness (QED) is 0.801. The van der Waals surface area contributed by atoms with Crippen LogP contribution in [0.3, 0.4) is 0 Å². The van der Waals surface area contributed by atoms with E-state index in [4.69, 9.17) is 4.74 Å². The molecular weight excluding hydrogens is 300 g/mol. The van der Waals surface area contributed by atoms with Crippen LogP contribution in [0.15, 0.2) is 54.7 Å². The summed E-state index contributed by atoms with van der Waals surface area (Å²) >= 11 is 0. The molecule has 1 aromatic carbocycles. The van der Waals surface area contributed by atoms with Gasteiger partial charge in [0.05, 0.1) is 6.10 Å². The minimum absolute atomic E-state index is 0.0984. The first-order valence-corrected chi connectivity index (χ1v) is 8.14. The number of imidazole rings is 1. The molecule has 0 aliphatic carbocycles. The van der Waals surface area contributed by atoms with Crippen LogP contribution in [0.2, 0.25) is 0 Å². The Bertz CT molecular complexity index is 881. The number of benzene rings is 1. The molecule has 1 fully saturated rings. The van der Waals surface area contributed by atoms with E-state index in [0.717, 1.165) is 25.2 Å². The number of hydrogen-bond acceptors (Lipinski definition) is 4. The maximum absolute atomic E-state index is 9.45. The highest BCUT2D eigenvalue weighted by molar-refractivity contribution is 5.58. The highest BCUT2D eigenvalue weighted by Gasteiger charge is 2.29. The van der Waals surface area contributed by atoms with Gasteiger partial charge < -0.3 is 10.1 Å². The molecule has 2 aromatic heterocycles. The number of ether oxygens (including phenoxy) is 1. The first kappa shape index (κ1) is 14.7. The van der Waals surface area contributed by atoms with E-state index in [1.807, 2.05) is 47.0 Å². The molecule has 1 N–H and O–H groups in total. The molecule has 1 aliphatic rings. The molecule has 0 amide bonds. The van der Waals surface area contributed by atoms with Crippen LogP contribution in [-0.4, -0.2) is 22.5 Å². The van der Waals surface area contributed by atoms with Gasteiger partial charge in [0.15, 0.2) is 11.5 Å². The Morgan fingerprint density at radius 2 is 2.04 bits per heavy atom. The van der Waals surface area contributed by atoms with Gasteiger partial charge in [-0.05, 0) is 24.1 Å². The molecule has 0 radical (unpaired) electrons. The van der Waals surface area contributed by atoms with E-state index in [0.29, 0.717) is 17.4 Å². The first-order chi connectivity index (χ1) is 11.9. The van der Waals surface area contributed by atoms with Crippen molar-refractivity contribution in [1.29, 1.82) is 5.26 Å². The number of aromatic nitrogens is 2. The highest BCUT2D eigenvalue weighted by Crippen LogP contribution is 2.34. The highest BCUT2D eigenvalue weighted by atomic mass is 16.5. The van der Waals surface area contributed by atoms with Crippen molar-refractivity contribution in [3.8, 4) is 6.07 Å². The molecule has 1 aliphatic heterocycles. The topological polar surface area (TPSA) is 62.3 Å². The molecule has 5 nitrogen and oxygen atoms in total. The van der Waals surface area contributed by atoms with Gasteiger partial charge >= 0.3 is 0 Å². The third kappa shape index (κ3) is 2.61. The normalized spacial score (nSPS) is 20.1. The van der Waals surface area contributed by atoms with E-state index in [2.05, 4.69) is 28.5 Å². The van der Waals surface area contributed by atoms with Gasteiger partial charge in [0.2, 0.25) is 0 Å². The number of nitriles is 1. The summed E-state index contributed by atoms with van der Waals surface area (Å²) in [5, 5.41) is 12.8. The minimum Gasteiger partial charge on any atom is -0.373 e. The fraction of sp³-hybridized carbons (Fsp3) is 0.263. The lowest BCUT2D eigenvalue weighted by Crippen LogP contribution is -2.18. The summed E-state index contributed by atoms with van der Waals surface area (Å²) < 4.78 is 7.73. The van der Waals surface area contributed by atoms with Crippen molar-refractivity contribution in [2.75, 3.05) is 18.5 Å². The third-order valence-electron chi connectivity index (χ3n) is 4.51. The van der Waals surface area contributed by atoms with E-state index in [1.165, 1.54) is 5.56 Å². The second-order valence-corrected chi connectivity index (χ2v) is 5.98. The lowest BCUT2D eigenvalue weighted by molar-refractivity contribution is 0.0933. The predicted molar refractivity (Wildman–Crippen MR) is 91.6 cm³/mol. The number of nitrogens with one attached hydrogen (secondary N) is 1. The summed E-state index contributed by atoms with van der Waals surface area (Å²) in [6.07, 6.45) is 2.96. The summed E-state index contributed by atoms with van der Waals surface area (Å²) in [5.74, 6) is 1.01. The molecule has 1 saturated heterocycles. The van der Waals surface area contributed by atoms with Crippen molar-refractivity contribution in [1.82, 2.24) is 9.38 Å². The largest absolute Gasteiger partial charge is 0.373 e. The zero-order valence-electron chi connectivity index (χ0n) is 13.2. The first-order valence-electron chi connectivity index (χ1n) is 8.14. The second-order valence-electron chi connectivity index (χ2n) is 5.98.